The molecule has 3 rings (SSSR count). The summed E-state index contributed by atoms with van der Waals surface area (Å²) in [6.07, 6.45) is 1.71. The summed E-state index contributed by atoms with van der Waals surface area (Å²) < 4.78 is 22.0. The lowest BCUT2D eigenvalue weighted by Crippen LogP contribution is -2.20. The molecule has 0 fully saturated rings. The van der Waals surface area contributed by atoms with Crippen molar-refractivity contribution < 1.29 is 8.95 Å². The molecule has 0 unspecified atom stereocenters. The van der Waals surface area contributed by atoms with Crippen LogP contribution in [-0.2, 0) is 17.6 Å². The van der Waals surface area contributed by atoms with Crippen LogP contribution in [0.3, 0.4) is 0 Å². The van der Waals surface area contributed by atoms with E-state index in [1.807, 2.05) is 45.0 Å². The Hall–Kier alpha value is -2.02. The maximum atomic E-state index is 12.3. The first kappa shape index (κ1) is 21.7. The minimum absolute atomic E-state index is 0.280. The Morgan fingerprint density at radius 3 is 2.62 bits per heavy atom. The normalized spacial score (nSPS) is 13.5. The van der Waals surface area contributed by atoms with Gasteiger partial charge in [-0.1, -0.05) is 29.3 Å². The van der Waals surface area contributed by atoms with Crippen molar-refractivity contribution in [3.8, 4) is 5.75 Å². The SMILES string of the molecule is CC(=N[S@](=O)C(C)(C)C)c1cc2cc(Cl)c(OCc3ccccn3)cc2nc1Cl. The Morgan fingerprint density at radius 2 is 1.97 bits per heavy atom. The second kappa shape index (κ2) is 8.78. The van der Waals surface area contributed by atoms with Gasteiger partial charge in [0, 0.05) is 23.2 Å². The maximum absolute atomic E-state index is 12.3. The number of benzene rings is 1. The third-order valence-corrected chi connectivity index (χ3v) is 6.13. The van der Waals surface area contributed by atoms with Gasteiger partial charge in [-0.25, -0.2) is 9.19 Å². The van der Waals surface area contributed by atoms with Crippen LogP contribution in [0.15, 0.2) is 47.0 Å². The molecular weight excluding hydrogens is 429 g/mol. The predicted octanol–water partition coefficient (Wildman–Crippen LogP) is 5.79. The molecule has 5 nitrogen and oxygen atoms in total. The van der Waals surface area contributed by atoms with Crippen molar-refractivity contribution in [2.24, 2.45) is 4.40 Å². The Labute approximate surface area is 182 Å². The number of ether oxygens (including phenoxy) is 1. The van der Waals surface area contributed by atoms with Crippen LogP contribution in [0.2, 0.25) is 10.2 Å². The number of pyridine rings is 2. The Morgan fingerprint density at radius 1 is 1.21 bits per heavy atom. The Kier molecular flexibility index (Phi) is 6.56. The van der Waals surface area contributed by atoms with Gasteiger partial charge in [-0.3, -0.25) is 4.98 Å². The van der Waals surface area contributed by atoms with Gasteiger partial charge in [0.1, 0.15) is 28.5 Å². The van der Waals surface area contributed by atoms with E-state index in [1.165, 1.54) is 0 Å². The lowest BCUT2D eigenvalue weighted by atomic mass is 10.1. The van der Waals surface area contributed by atoms with Crippen molar-refractivity contribution >= 4 is 50.8 Å². The van der Waals surface area contributed by atoms with Crippen LogP contribution in [0.1, 0.15) is 39.0 Å². The molecular formula is C21H21Cl2N3O2S. The molecule has 0 aliphatic carbocycles. The van der Waals surface area contributed by atoms with Gasteiger partial charge < -0.3 is 4.74 Å². The van der Waals surface area contributed by atoms with Crippen LogP contribution < -0.4 is 4.74 Å². The minimum atomic E-state index is -1.39. The maximum Gasteiger partial charge on any atom is 0.145 e. The van der Waals surface area contributed by atoms with Gasteiger partial charge in [0.25, 0.3) is 0 Å². The quantitative estimate of drug-likeness (QED) is 0.365. The van der Waals surface area contributed by atoms with Gasteiger partial charge in [-0.2, -0.15) is 4.40 Å². The molecule has 3 aromatic rings. The van der Waals surface area contributed by atoms with E-state index in [1.54, 1.807) is 25.3 Å². The van der Waals surface area contributed by atoms with Crippen LogP contribution in [0, 0.1) is 0 Å². The number of hydrogen-bond acceptors (Lipinski definition) is 4. The van der Waals surface area contributed by atoms with Gasteiger partial charge >= 0.3 is 0 Å². The molecule has 0 aliphatic heterocycles. The minimum Gasteiger partial charge on any atom is -0.486 e. The summed E-state index contributed by atoms with van der Waals surface area (Å²) >= 11 is 12.8. The van der Waals surface area contributed by atoms with Crippen LogP contribution in [-0.4, -0.2) is 24.6 Å². The van der Waals surface area contributed by atoms with Crippen molar-refractivity contribution in [3.63, 3.8) is 0 Å². The van der Waals surface area contributed by atoms with Crippen LogP contribution >= 0.6 is 23.2 Å². The number of halogens is 2. The van der Waals surface area contributed by atoms with E-state index >= 15 is 0 Å². The summed E-state index contributed by atoms with van der Waals surface area (Å²) in [5.74, 6) is 0.500. The highest BCUT2D eigenvalue weighted by molar-refractivity contribution is 7.85. The molecule has 0 N–H and O–H groups in total. The van der Waals surface area contributed by atoms with Crippen molar-refractivity contribution in [1.29, 1.82) is 0 Å². The summed E-state index contributed by atoms with van der Waals surface area (Å²) in [5.41, 5.74) is 2.62. The summed E-state index contributed by atoms with van der Waals surface area (Å²) in [4.78, 5) is 8.68. The van der Waals surface area contributed by atoms with Gasteiger partial charge in [-0.05, 0) is 52.0 Å². The fourth-order valence-corrected chi connectivity index (χ4v) is 3.59. The van der Waals surface area contributed by atoms with E-state index in [0.29, 0.717) is 34.2 Å². The highest BCUT2D eigenvalue weighted by atomic mass is 35.5. The lowest BCUT2D eigenvalue weighted by Gasteiger charge is -2.15. The van der Waals surface area contributed by atoms with Crippen molar-refractivity contribution in [2.45, 2.75) is 39.0 Å². The van der Waals surface area contributed by atoms with Gasteiger partial charge in [0.2, 0.25) is 0 Å². The highest BCUT2D eigenvalue weighted by Gasteiger charge is 2.20. The standard InChI is InChI=1S/C21H21Cl2N3O2S/c1-13(26-29(27)21(2,3)4)16-9-14-10-17(22)19(11-18(14)25-20(16)23)28-12-15-7-5-6-8-24-15/h5-11H,12H2,1-4H3/t29-/m1/s1. The molecule has 2 aromatic heterocycles. The molecule has 1 atom stereocenters. The first-order valence-electron chi connectivity index (χ1n) is 8.95. The average molecular weight is 450 g/mol. The summed E-state index contributed by atoms with van der Waals surface area (Å²) in [6.45, 7) is 7.66. The second-order valence-electron chi connectivity index (χ2n) is 7.45. The third kappa shape index (κ3) is 5.32. The van der Waals surface area contributed by atoms with Crippen LogP contribution in [0.5, 0.6) is 5.75 Å². The molecule has 0 amide bonds. The first-order valence-corrected chi connectivity index (χ1v) is 10.8. The molecule has 29 heavy (non-hydrogen) atoms. The lowest BCUT2D eigenvalue weighted by molar-refractivity contribution is 0.302. The Bertz CT molecular complexity index is 1100. The molecule has 0 saturated carbocycles. The van der Waals surface area contributed by atoms with Gasteiger partial charge in [-0.15, -0.1) is 0 Å². The topological polar surface area (TPSA) is 64.4 Å². The monoisotopic (exact) mass is 449 g/mol. The van der Waals surface area contributed by atoms with Crippen molar-refractivity contribution in [2.75, 3.05) is 0 Å². The average Bonchev–Trinajstić information content (AvgIpc) is 2.66. The molecule has 0 spiro atoms. The molecule has 0 bridgehead atoms. The fraction of sp³-hybridized carbons (Fsp3) is 0.286. The van der Waals surface area contributed by atoms with Crippen molar-refractivity contribution in [1.82, 2.24) is 9.97 Å². The zero-order chi connectivity index (χ0) is 21.2. The van der Waals surface area contributed by atoms with E-state index in [9.17, 15) is 4.21 Å². The van der Waals surface area contributed by atoms with Crippen LogP contribution in [0.4, 0.5) is 0 Å². The van der Waals surface area contributed by atoms with E-state index in [-0.39, 0.29) is 5.15 Å². The number of rotatable bonds is 5. The first-order chi connectivity index (χ1) is 13.6. The van der Waals surface area contributed by atoms with E-state index < -0.39 is 15.7 Å². The largest absolute Gasteiger partial charge is 0.486 e. The summed E-state index contributed by atoms with van der Waals surface area (Å²) in [6, 6.07) is 11.0. The molecule has 152 valence electrons. The highest BCUT2D eigenvalue weighted by Crippen LogP contribution is 2.32. The predicted molar refractivity (Wildman–Crippen MR) is 120 cm³/mol. The summed E-state index contributed by atoms with van der Waals surface area (Å²) in [5, 5.41) is 1.52. The molecule has 8 heteroatoms. The van der Waals surface area contributed by atoms with Crippen molar-refractivity contribution in [3.05, 3.63) is 64.0 Å². The zero-order valence-electron chi connectivity index (χ0n) is 16.6. The Balaban J connectivity index is 1.92. The number of nitrogens with zero attached hydrogens (tertiary/aromatic N) is 3. The van der Waals surface area contributed by atoms with E-state index in [2.05, 4.69) is 14.4 Å². The smallest absolute Gasteiger partial charge is 0.145 e. The van der Waals surface area contributed by atoms with Gasteiger partial charge in [0.05, 0.1) is 26.7 Å². The molecule has 0 saturated heterocycles. The molecule has 1 aromatic carbocycles. The number of fused-ring (bicyclic) bond motifs is 1. The third-order valence-electron chi connectivity index (χ3n) is 4.06. The summed E-state index contributed by atoms with van der Waals surface area (Å²) in [7, 11) is -1.39. The van der Waals surface area contributed by atoms with Gasteiger partial charge in [0.15, 0.2) is 0 Å². The second-order valence-corrected chi connectivity index (χ2v) is 10.1. The molecule has 0 radical (unpaired) electrons. The molecule has 0 aliphatic rings. The fourth-order valence-electron chi connectivity index (χ4n) is 2.46. The van der Waals surface area contributed by atoms with Crippen LogP contribution in [0.25, 0.3) is 10.9 Å². The number of aromatic nitrogens is 2. The number of hydrogen-bond donors (Lipinski definition) is 0. The van der Waals surface area contributed by atoms with E-state index in [0.717, 1.165) is 11.1 Å². The van der Waals surface area contributed by atoms with E-state index in [4.69, 9.17) is 27.9 Å². The molecule has 2 heterocycles. The zero-order valence-corrected chi connectivity index (χ0v) is 18.9.